The molecule has 5 N–H and O–H groups in total. The van der Waals surface area contributed by atoms with E-state index in [1.54, 1.807) is 12.1 Å². The van der Waals surface area contributed by atoms with Crippen molar-refractivity contribution in [2.75, 3.05) is 18.8 Å². The van der Waals surface area contributed by atoms with Gasteiger partial charge in [-0.25, -0.2) is 13.6 Å². The molecule has 0 spiro atoms. The molecule has 0 aliphatic carbocycles. The number of sulfonamides is 1. The highest BCUT2D eigenvalue weighted by atomic mass is 32.2. The maximum absolute atomic E-state index is 11.8. The van der Waals surface area contributed by atoms with Gasteiger partial charge in [0.25, 0.3) is 5.91 Å². The molecule has 0 fully saturated rings. The summed E-state index contributed by atoms with van der Waals surface area (Å²) < 4.78 is 21.5. The minimum Gasteiger partial charge on any atom is -0.351 e. The number of primary sulfonamides is 1. The summed E-state index contributed by atoms with van der Waals surface area (Å²) in [6.07, 6.45) is 0.596. The van der Waals surface area contributed by atoms with Crippen LogP contribution in [0.2, 0.25) is 0 Å². The van der Waals surface area contributed by atoms with Crippen LogP contribution >= 0.6 is 0 Å². The van der Waals surface area contributed by atoms with Gasteiger partial charge in [0.15, 0.2) is 0 Å². The molecule has 0 atom stereocenters. The fraction of sp³-hybridized carbons (Fsp3) is 0.364. The first-order valence-corrected chi connectivity index (χ1v) is 7.22. The number of carbonyl (C=O) groups is 1. The monoisotopic (exact) mass is 271 g/mol. The molecule has 1 amide bonds. The lowest BCUT2D eigenvalue weighted by Crippen LogP contribution is -2.32. The van der Waals surface area contributed by atoms with Crippen molar-refractivity contribution in [1.82, 2.24) is 5.32 Å². The van der Waals surface area contributed by atoms with Crippen LogP contribution in [0.3, 0.4) is 0 Å². The fourth-order valence-corrected chi connectivity index (χ4v) is 1.90. The highest BCUT2D eigenvalue weighted by molar-refractivity contribution is 7.89. The summed E-state index contributed by atoms with van der Waals surface area (Å²) in [7, 11) is -3.56. The first-order valence-electron chi connectivity index (χ1n) is 5.50. The Bertz CT molecular complexity index is 514. The zero-order chi connectivity index (χ0) is 13.6. The fourth-order valence-electron chi connectivity index (χ4n) is 1.52. The highest BCUT2D eigenvalue weighted by Crippen LogP contribution is 2.08. The van der Waals surface area contributed by atoms with Crippen LogP contribution in [-0.4, -0.2) is 33.2 Å². The minimum atomic E-state index is -3.56. The van der Waals surface area contributed by atoms with Gasteiger partial charge in [-0.1, -0.05) is 18.2 Å². The summed E-state index contributed by atoms with van der Waals surface area (Å²) in [5, 5.41) is 7.36. The molecule has 1 aromatic rings. The summed E-state index contributed by atoms with van der Waals surface area (Å²) >= 11 is 0. The van der Waals surface area contributed by atoms with Crippen molar-refractivity contribution in [3.05, 3.63) is 35.4 Å². The van der Waals surface area contributed by atoms with Crippen molar-refractivity contribution in [3.8, 4) is 0 Å². The first-order chi connectivity index (χ1) is 8.44. The molecule has 0 aliphatic heterocycles. The van der Waals surface area contributed by atoms with Crippen LogP contribution in [0.4, 0.5) is 0 Å². The number of nitrogens with two attached hydrogens (primary N) is 2. The molecule has 0 radical (unpaired) electrons. The van der Waals surface area contributed by atoms with Crippen molar-refractivity contribution in [2.24, 2.45) is 10.9 Å². The number of nitrogens with one attached hydrogen (secondary N) is 1. The number of amides is 1. The quantitative estimate of drug-likeness (QED) is 0.628. The zero-order valence-electron chi connectivity index (χ0n) is 9.93. The van der Waals surface area contributed by atoms with E-state index in [1.165, 1.54) is 0 Å². The van der Waals surface area contributed by atoms with Gasteiger partial charge >= 0.3 is 0 Å². The van der Waals surface area contributed by atoms with E-state index in [-0.39, 0.29) is 18.2 Å². The predicted octanol–water partition coefficient (Wildman–Crippen LogP) is -0.794. The molecule has 100 valence electrons. The third kappa shape index (κ3) is 4.82. The Balaban J connectivity index is 2.66. The van der Waals surface area contributed by atoms with Crippen LogP contribution in [0.15, 0.2) is 24.3 Å². The van der Waals surface area contributed by atoms with Crippen LogP contribution in [0.1, 0.15) is 15.9 Å². The largest absolute Gasteiger partial charge is 0.351 e. The molecule has 6 nitrogen and oxygen atoms in total. The summed E-state index contributed by atoms with van der Waals surface area (Å²) in [5.74, 6) is -0.597. The maximum Gasteiger partial charge on any atom is 0.251 e. The normalized spacial score (nSPS) is 11.2. The molecule has 1 aromatic carbocycles. The van der Waals surface area contributed by atoms with Gasteiger partial charge in [0, 0.05) is 12.1 Å². The molecular weight excluding hydrogens is 254 g/mol. The molecule has 0 bridgehead atoms. The lowest BCUT2D eigenvalue weighted by atomic mass is 10.0. The molecule has 7 heteroatoms. The van der Waals surface area contributed by atoms with Crippen LogP contribution in [0.25, 0.3) is 0 Å². The van der Waals surface area contributed by atoms with Crippen molar-refractivity contribution >= 4 is 15.9 Å². The third-order valence-electron chi connectivity index (χ3n) is 2.35. The molecule has 0 unspecified atom stereocenters. The molecule has 0 aromatic heterocycles. The molecule has 1 rings (SSSR count). The topological polar surface area (TPSA) is 115 Å². The number of carbonyl (C=O) groups excluding carboxylic acids is 1. The summed E-state index contributed by atoms with van der Waals surface area (Å²) in [4.78, 5) is 11.8. The van der Waals surface area contributed by atoms with Gasteiger partial charge in [-0.2, -0.15) is 0 Å². The second-order valence-corrected chi connectivity index (χ2v) is 5.55. The summed E-state index contributed by atoms with van der Waals surface area (Å²) in [6.45, 7) is 0.441. The molecule has 0 heterocycles. The van der Waals surface area contributed by atoms with Gasteiger partial charge in [-0.3, -0.25) is 4.79 Å². The van der Waals surface area contributed by atoms with Gasteiger partial charge in [-0.05, 0) is 24.6 Å². The van der Waals surface area contributed by atoms with E-state index in [0.717, 1.165) is 5.56 Å². The molecular formula is C11H17N3O3S. The van der Waals surface area contributed by atoms with Crippen molar-refractivity contribution < 1.29 is 13.2 Å². The number of hydrogen-bond acceptors (Lipinski definition) is 4. The maximum atomic E-state index is 11.8. The van der Waals surface area contributed by atoms with Crippen LogP contribution in [0, 0.1) is 0 Å². The Morgan fingerprint density at radius 1 is 1.28 bits per heavy atom. The zero-order valence-corrected chi connectivity index (χ0v) is 10.7. The van der Waals surface area contributed by atoms with E-state index < -0.39 is 10.0 Å². The second kappa shape index (κ2) is 6.48. The van der Waals surface area contributed by atoms with Crippen LogP contribution in [-0.2, 0) is 16.4 Å². The SMILES string of the molecule is NCCc1ccccc1C(=O)NCCS(N)(=O)=O. The Morgan fingerprint density at radius 2 is 1.94 bits per heavy atom. The van der Waals surface area contributed by atoms with Crippen molar-refractivity contribution in [3.63, 3.8) is 0 Å². The van der Waals surface area contributed by atoms with E-state index in [0.29, 0.717) is 18.5 Å². The average molecular weight is 271 g/mol. The molecule has 0 aliphatic rings. The van der Waals surface area contributed by atoms with Gasteiger partial charge < -0.3 is 11.1 Å². The second-order valence-electron chi connectivity index (χ2n) is 3.82. The minimum absolute atomic E-state index is 0.00533. The third-order valence-corrected chi connectivity index (χ3v) is 3.12. The van der Waals surface area contributed by atoms with Crippen molar-refractivity contribution in [2.45, 2.75) is 6.42 Å². The first kappa shape index (κ1) is 14.6. The summed E-state index contributed by atoms with van der Waals surface area (Å²) in [5.41, 5.74) is 6.81. The van der Waals surface area contributed by atoms with E-state index in [2.05, 4.69) is 5.32 Å². The number of benzene rings is 1. The number of rotatable bonds is 6. The smallest absolute Gasteiger partial charge is 0.251 e. The standard InChI is InChI=1S/C11H17N3O3S/c12-6-5-9-3-1-2-4-10(9)11(15)14-7-8-18(13,16)17/h1-4H,5-8,12H2,(H,14,15)(H2,13,16,17). The predicted molar refractivity (Wildman–Crippen MR) is 69.5 cm³/mol. The Kier molecular flexibility index (Phi) is 5.26. The highest BCUT2D eigenvalue weighted by Gasteiger charge is 2.10. The lowest BCUT2D eigenvalue weighted by molar-refractivity contribution is 0.0955. The average Bonchev–Trinajstić information content (AvgIpc) is 2.28. The molecule has 0 saturated heterocycles. The van der Waals surface area contributed by atoms with Gasteiger partial charge in [0.1, 0.15) is 0 Å². The van der Waals surface area contributed by atoms with Gasteiger partial charge in [0.05, 0.1) is 5.75 Å². The van der Waals surface area contributed by atoms with E-state index in [1.807, 2.05) is 12.1 Å². The summed E-state index contributed by atoms with van der Waals surface area (Å²) in [6, 6.07) is 7.07. The lowest BCUT2D eigenvalue weighted by Gasteiger charge is -2.08. The molecule has 18 heavy (non-hydrogen) atoms. The molecule has 0 saturated carbocycles. The van der Waals surface area contributed by atoms with Gasteiger partial charge in [0.2, 0.25) is 10.0 Å². The Labute approximate surface area is 106 Å². The van der Waals surface area contributed by atoms with Gasteiger partial charge in [-0.15, -0.1) is 0 Å². The number of hydrogen-bond donors (Lipinski definition) is 3. The Morgan fingerprint density at radius 3 is 2.56 bits per heavy atom. The van der Waals surface area contributed by atoms with E-state index >= 15 is 0 Å². The van der Waals surface area contributed by atoms with Crippen LogP contribution < -0.4 is 16.2 Å². The van der Waals surface area contributed by atoms with Crippen molar-refractivity contribution in [1.29, 1.82) is 0 Å². The van der Waals surface area contributed by atoms with E-state index in [9.17, 15) is 13.2 Å². The van der Waals surface area contributed by atoms with Crippen LogP contribution in [0.5, 0.6) is 0 Å². The Hall–Kier alpha value is -1.44. The van der Waals surface area contributed by atoms with E-state index in [4.69, 9.17) is 10.9 Å².